The van der Waals surface area contributed by atoms with Gasteiger partial charge in [0.25, 0.3) is 0 Å². The van der Waals surface area contributed by atoms with E-state index in [0.29, 0.717) is 23.5 Å². The van der Waals surface area contributed by atoms with Crippen molar-refractivity contribution in [2.45, 2.75) is 97.4 Å². The summed E-state index contributed by atoms with van der Waals surface area (Å²) in [5, 5.41) is 1.54. The van der Waals surface area contributed by atoms with Crippen molar-refractivity contribution in [2.24, 2.45) is 0 Å². The zero-order valence-corrected chi connectivity index (χ0v) is 25.5. The number of ether oxygens (including phenoxy) is 1. The number of hydrogen-bond donors (Lipinski definition) is 0. The highest BCUT2D eigenvalue weighted by molar-refractivity contribution is 7.69. The van der Waals surface area contributed by atoms with Gasteiger partial charge >= 0.3 is 0 Å². The molecule has 3 aromatic carbocycles. The number of rotatable bonds is 7. The normalized spacial score (nSPS) is 17.7. The summed E-state index contributed by atoms with van der Waals surface area (Å²) in [7, 11) is 1.26. The largest absolute Gasteiger partial charge is 0.496 e. The zero-order valence-electron chi connectivity index (χ0n) is 24.6. The van der Waals surface area contributed by atoms with E-state index in [0.717, 1.165) is 12.2 Å². The summed E-state index contributed by atoms with van der Waals surface area (Å²) in [6, 6.07) is 22.6. The lowest BCUT2D eigenvalue weighted by Crippen LogP contribution is -2.32. The van der Waals surface area contributed by atoms with Gasteiger partial charge in [-0.2, -0.15) is 0 Å². The minimum Gasteiger partial charge on any atom is -0.496 e. The number of fused-ring (bicyclic) bond motifs is 1. The standard InChI is InChI=1S/C34H46NOP/c1-22(2)25-19-27(23(3)4)29(28(20-25)24(5)6)21-32-35(26-15-12-11-13-16-26)30-17-14-18-31(36-10)33(30)37(32)34(7,8)9/h11-20,22-24,32H,21H2,1-10H3/t32-,37?/m0/s1. The van der Waals surface area contributed by atoms with Gasteiger partial charge in [0.2, 0.25) is 0 Å². The molecule has 0 aromatic heterocycles. The molecule has 0 radical (unpaired) electrons. The summed E-state index contributed by atoms with van der Waals surface area (Å²) < 4.78 is 6.02. The Labute approximate surface area is 227 Å². The van der Waals surface area contributed by atoms with Gasteiger partial charge in [-0.1, -0.05) is 98.7 Å². The summed E-state index contributed by atoms with van der Waals surface area (Å²) in [6.45, 7) is 21.4. The lowest BCUT2D eigenvalue weighted by molar-refractivity contribution is 0.418. The average Bonchev–Trinajstić information content (AvgIpc) is 3.18. The van der Waals surface area contributed by atoms with Crippen LogP contribution in [0, 0.1) is 0 Å². The maximum atomic E-state index is 6.02. The van der Waals surface area contributed by atoms with E-state index in [2.05, 4.69) is 128 Å². The minimum atomic E-state index is -0.561. The zero-order chi connectivity index (χ0) is 27.1. The molecule has 2 atom stereocenters. The summed E-state index contributed by atoms with van der Waals surface area (Å²) in [4.78, 5) is 2.64. The molecule has 198 valence electrons. The summed E-state index contributed by atoms with van der Waals surface area (Å²) >= 11 is 0. The van der Waals surface area contributed by atoms with Crippen molar-refractivity contribution in [1.29, 1.82) is 0 Å². The third-order valence-electron chi connectivity index (χ3n) is 7.69. The average molecular weight is 516 g/mol. The van der Waals surface area contributed by atoms with E-state index in [1.54, 1.807) is 5.56 Å². The van der Waals surface area contributed by atoms with Crippen LogP contribution in [0.25, 0.3) is 0 Å². The van der Waals surface area contributed by atoms with Gasteiger partial charge in [-0.25, -0.2) is 0 Å². The van der Waals surface area contributed by atoms with E-state index in [1.165, 1.54) is 33.4 Å². The van der Waals surface area contributed by atoms with Gasteiger partial charge in [0.05, 0.1) is 18.6 Å². The molecule has 0 fully saturated rings. The Bertz CT molecular complexity index is 1190. The lowest BCUT2D eigenvalue weighted by Gasteiger charge is -2.38. The molecule has 0 saturated carbocycles. The lowest BCUT2D eigenvalue weighted by atomic mass is 9.83. The Morgan fingerprint density at radius 1 is 0.811 bits per heavy atom. The number of para-hydroxylation sites is 1. The Kier molecular flexibility index (Phi) is 8.10. The van der Waals surface area contributed by atoms with E-state index in [-0.39, 0.29) is 5.16 Å². The highest BCUT2D eigenvalue weighted by Gasteiger charge is 2.46. The maximum absolute atomic E-state index is 6.02. The van der Waals surface area contributed by atoms with Gasteiger partial charge in [0.1, 0.15) is 5.75 Å². The van der Waals surface area contributed by atoms with Crippen molar-refractivity contribution in [2.75, 3.05) is 12.0 Å². The fraction of sp³-hybridized carbons (Fsp3) is 0.471. The van der Waals surface area contributed by atoms with Crippen LogP contribution in [0.4, 0.5) is 11.4 Å². The molecule has 1 unspecified atom stereocenters. The number of anilines is 2. The minimum absolute atomic E-state index is 0.126. The quantitative estimate of drug-likeness (QED) is 0.290. The molecular weight excluding hydrogens is 469 g/mol. The Morgan fingerprint density at radius 3 is 1.89 bits per heavy atom. The second kappa shape index (κ2) is 10.8. The predicted octanol–water partition coefficient (Wildman–Crippen LogP) is 9.69. The van der Waals surface area contributed by atoms with Crippen LogP contribution >= 0.6 is 7.92 Å². The molecule has 3 aromatic rings. The van der Waals surface area contributed by atoms with Crippen molar-refractivity contribution < 1.29 is 4.74 Å². The number of hydrogen-bond acceptors (Lipinski definition) is 2. The van der Waals surface area contributed by atoms with Crippen LogP contribution in [0.15, 0.2) is 60.7 Å². The molecule has 1 aliphatic heterocycles. The monoisotopic (exact) mass is 515 g/mol. The van der Waals surface area contributed by atoms with Crippen molar-refractivity contribution in [3.05, 3.63) is 82.9 Å². The SMILES string of the molecule is COc1cccc2c1P(C(C)(C)C)[C@@H](Cc1c(C(C)C)cc(C(C)C)cc1C(C)C)N2c1ccccc1. The molecule has 0 N–H and O–H groups in total. The third-order valence-corrected chi connectivity index (χ3v) is 11.1. The highest BCUT2D eigenvalue weighted by atomic mass is 31.1. The molecule has 0 bridgehead atoms. The van der Waals surface area contributed by atoms with Crippen molar-refractivity contribution in [3.8, 4) is 5.75 Å². The van der Waals surface area contributed by atoms with Gasteiger partial charge in [-0.05, 0) is 83.8 Å². The Morgan fingerprint density at radius 2 is 1.41 bits per heavy atom. The fourth-order valence-electron chi connectivity index (χ4n) is 5.93. The first-order valence-corrected chi connectivity index (χ1v) is 15.3. The molecule has 4 rings (SSSR count). The van der Waals surface area contributed by atoms with Crippen LogP contribution in [0.5, 0.6) is 5.75 Å². The van der Waals surface area contributed by atoms with Crippen LogP contribution in [0.3, 0.4) is 0 Å². The molecular formula is C34H46NOP. The third kappa shape index (κ3) is 5.33. The number of benzene rings is 3. The molecule has 0 saturated heterocycles. The molecule has 37 heavy (non-hydrogen) atoms. The van der Waals surface area contributed by atoms with Crippen LogP contribution in [-0.4, -0.2) is 18.0 Å². The first-order chi connectivity index (χ1) is 17.5. The van der Waals surface area contributed by atoms with E-state index in [9.17, 15) is 0 Å². The first-order valence-electron chi connectivity index (χ1n) is 13.9. The van der Waals surface area contributed by atoms with Gasteiger partial charge in [0.15, 0.2) is 0 Å². The smallest absolute Gasteiger partial charge is 0.128 e. The molecule has 3 heteroatoms. The van der Waals surface area contributed by atoms with E-state index >= 15 is 0 Å². The van der Waals surface area contributed by atoms with Crippen LogP contribution in [0.2, 0.25) is 0 Å². The second-order valence-electron chi connectivity index (χ2n) is 12.4. The van der Waals surface area contributed by atoms with E-state index in [1.807, 2.05) is 7.11 Å². The van der Waals surface area contributed by atoms with Gasteiger partial charge in [-0.3, -0.25) is 0 Å². The topological polar surface area (TPSA) is 12.5 Å². The first kappa shape index (κ1) is 27.7. The van der Waals surface area contributed by atoms with Crippen LogP contribution < -0.4 is 14.9 Å². The van der Waals surface area contributed by atoms with E-state index < -0.39 is 7.92 Å². The van der Waals surface area contributed by atoms with Gasteiger partial charge in [-0.15, -0.1) is 0 Å². The molecule has 2 nitrogen and oxygen atoms in total. The summed E-state index contributed by atoms with van der Waals surface area (Å²) in [6.07, 6.45) is 1.04. The summed E-state index contributed by atoms with van der Waals surface area (Å²) in [5.74, 6) is 2.87. The maximum Gasteiger partial charge on any atom is 0.128 e. The summed E-state index contributed by atoms with van der Waals surface area (Å²) in [5.41, 5.74) is 8.65. The fourth-order valence-corrected chi connectivity index (χ4v) is 9.47. The predicted molar refractivity (Wildman–Crippen MR) is 164 cm³/mol. The number of nitrogens with zero attached hydrogens (tertiary/aromatic N) is 1. The second-order valence-corrected chi connectivity index (χ2v) is 15.5. The van der Waals surface area contributed by atoms with E-state index in [4.69, 9.17) is 4.74 Å². The Hall–Kier alpha value is -2.31. The molecule has 0 amide bonds. The molecule has 1 aliphatic rings. The molecule has 1 heterocycles. The Balaban J connectivity index is 1.98. The molecule has 0 aliphatic carbocycles. The van der Waals surface area contributed by atoms with Gasteiger partial charge in [0, 0.05) is 11.0 Å². The van der Waals surface area contributed by atoms with Crippen LogP contribution in [-0.2, 0) is 6.42 Å². The van der Waals surface area contributed by atoms with Crippen molar-refractivity contribution >= 4 is 24.6 Å². The van der Waals surface area contributed by atoms with Crippen molar-refractivity contribution in [1.82, 2.24) is 0 Å². The molecule has 0 spiro atoms. The highest BCUT2D eigenvalue weighted by Crippen LogP contribution is 2.64. The van der Waals surface area contributed by atoms with Gasteiger partial charge < -0.3 is 9.64 Å². The number of methoxy groups -OCH3 is 1. The van der Waals surface area contributed by atoms with Crippen molar-refractivity contribution in [3.63, 3.8) is 0 Å². The van der Waals surface area contributed by atoms with Crippen LogP contribution in [0.1, 0.15) is 102 Å².